The highest BCUT2D eigenvalue weighted by Gasteiger charge is 2.35. The van der Waals surface area contributed by atoms with Gasteiger partial charge in [0.15, 0.2) is 6.04 Å². The molecule has 1 rings (SSSR count). The first-order valence-electron chi connectivity index (χ1n) is 7.71. The lowest BCUT2D eigenvalue weighted by molar-refractivity contribution is -0.141. The molecule has 21 heavy (non-hydrogen) atoms. The van der Waals surface area contributed by atoms with Crippen molar-refractivity contribution in [2.75, 3.05) is 6.54 Å². The summed E-state index contributed by atoms with van der Waals surface area (Å²) in [5.41, 5.74) is 0.134. The number of carbonyl (C=O) groups is 2. The highest BCUT2D eigenvalue weighted by Crippen LogP contribution is 2.42. The number of carboxylic acids is 1. The van der Waals surface area contributed by atoms with E-state index in [0.717, 1.165) is 19.3 Å². The molecule has 0 bridgehead atoms. The third-order valence-electron chi connectivity index (χ3n) is 4.16. The van der Waals surface area contributed by atoms with Gasteiger partial charge in [0.05, 0.1) is 6.10 Å². The number of aliphatic carboxylic acids is 1. The predicted octanol–water partition coefficient (Wildman–Crippen LogP) is 1.73. The van der Waals surface area contributed by atoms with Gasteiger partial charge in [-0.05, 0) is 37.5 Å². The second-order valence-electron chi connectivity index (χ2n) is 6.69. The summed E-state index contributed by atoms with van der Waals surface area (Å²) < 4.78 is 0. The molecule has 122 valence electrons. The van der Waals surface area contributed by atoms with E-state index in [2.05, 4.69) is 24.5 Å². The molecule has 0 radical (unpaired) electrons. The van der Waals surface area contributed by atoms with Gasteiger partial charge >= 0.3 is 12.0 Å². The zero-order valence-corrected chi connectivity index (χ0v) is 13.2. The number of amides is 2. The van der Waals surface area contributed by atoms with Crippen LogP contribution in [-0.2, 0) is 4.79 Å². The molecule has 2 amide bonds. The molecule has 0 aliphatic heterocycles. The topological polar surface area (TPSA) is 98.7 Å². The van der Waals surface area contributed by atoms with Gasteiger partial charge in [-0.2, -0.15) is 0 Å². The van der Waals surface area contributed by atoms with Crippen molar-refractivity contribution < 1.29 is 19.8 Å². The van der Waals surface area contributed by atoms with E-state index >= 15 is 0 Å². The largest absolute Gasteiger partial charge is 0.480 e. The van der Waals surface area contributed by atoms with Crippen molar-refractivity contribution in [3.63, 3.8) is 0 Å². The molecule has 6 nitrogen and oxygen atoms in total. The summed E-state index contributed by atoms with van der Waals surface area (Å²) in [6.07, 6.45) is 4.49. The van der Waals surface area contributed by atoms with Gasteiger partial charge in [0, 0.05) is 6.54 Å². The fourth-order valence-electron chi connectivity index (χ4n) is 3.29. The van der Waals surface area contributed by atoms with Crippen LogP contribution < -0.4 is 10.6 Å². The predicted molar refractivity (Wildman–Crippen MR) is 80.0 cm³/mol. The maximum Gasteiger partial charge on any atom is 0.328 e. The van der Waals surface area contributed by atoms with E-state index in [-0.39, 0.29) is 5.41 Å². The first kappa shape index (κ1) is 17.8. The molecule has 1 fully saturated rings. The molecule has 6 heteroatoms. The number of rotatable bonds is 7. The van der Waals surface area contributed by atoms with Crippen molar-refractivity contribution in [3.8, 4) is 0 Å². The van der Waals surface area contributed by atoms with E-state index < -0.39 is 24.1 Å². The molecular formula is C15H28N2O4. The first-order valence-corrected chi connectivity index (χ1v) is 7.71. The Morgan fingerprint density at radius 2 is 1.76 bits per heavy atom. The van der Waals surface area contributed by atoms with Crippen LogP contribution in [0.15, 0.2) is 0 Å². The Bertz CT molecular complexity index is 363. The SMILES string of the molecule is CC(C)CC1(CNC(=O)N[C@H](C(=O)O)[C@@H](C)O)CCCC1. The van der Waals surface area contributed by atoms with E-state index in [1.54, 1.807) is 0 Å². The summed E-state index contributed by atoms with van der Waals surface area (Å²) in [5, 5.41) is 23.4. The van der Waals surface area contributed by atoms with E-state index in [4.69, 9.17) is 5.11 Å². The van der Waals surface area contributed by atoms with E-state index in [9.17, 15) is 14.7 Å². The molecule has 0 aromatic rings. The Labute approximate surface area is 126 Å². The smallest absolute Gasteiger partial charge is 0.328 e. The van der Waals surface area contributed by atoms with E-state index in [1.165, 1.54) is 19.8 Å². The Kier molecular flexibility index (Phi) is 6.45. The summed E-state index contributed by atoms with van der Waals surface area (Å²) in [5.74, 6) is -0.671. The van der Waals surface area contributed by atoms with Crippen molar-refractivity contribution in [2.24, 2.45) is 11.3 Å². The monoisotopic (exact) mass is 300 g/mol. The molecule has 0 aromatic carbocycles. The molecule has 2 atom stereocenters. The van der Waals surface area contributed by atoms with Crippen LogP contribution in [-0.4, -0.2) is 40.9 Å². The highest BCUT2D eigenvalue weighted by molar-refractivity contribution is 5.82. The second-order valence-corrected chi connectivity index (χ2v) is 6.69. The molecule has 0 unspecified atom stereocenters. The number of aliphatic hydroxyl groups is 1. The maximum atomic E-state index is 11.9. The Morgan fingerprint density at radius 1 is 1.19 bits per heavy atom. The Hall–Kier alpha value is -1.30. The van der Waals surface area contributed by atoms with Gasteiger partial charge < -0.3 is 20.8 Å². The minimum absolute atomic E-state index is 0.134. The lowest BCUT2D eigenvalue weighted by atomic mass is 9.78. The summed E-state index contributed by atoms with van der Waals surface area (Å²) in [6.45, 7) is 6.25. The maximum absolute atomic E-state index is 11.9. The van der Waals surface area contributed by atoms with Crippen molar-refractivity contribution in [2.45, 2.75) is 65.0 Å². The third-order valence-corrected chi connectivity index (χ3v) is 4.16. The second kappa shape index (κ2) is 7.64. The molecule has 0 saturated heterocycles. The van der Waals surface area contributed by atoms with Gasteiger partial charge in [0.1, 0.15) is 0 Å². The zero-order chi connectivity index (χ0) is 16.0. The fourth-order valence-corrected chi connectivity index (χ4v) is 3.29. The van der Waals surface area contributed by atoms with Crippen molar-refractivity contribution >= 4 is 12.0 Å². The van der Waals surface area contributed by atoms with Crippen LogP contribution >= 0.6 is 0 Å². The van der Waals surface area contributed by atoms with Crippen LogP contribution in [0.25, 0.3) is 0 Å². The number of carbonyl (C=O) groups excluding carboxylic acids is 1. The number of nitrogens with one attached hydrogen (secondary N) is 2. The Balaban J connectivity index is 2.52. The van der Waals surface area contributed by atoms with E-state index in [1.807, 2.05) is 0 Å². The number of carboxylic acid groups (broad SMARTS) is 1. The highest BCUT2D eigenvalue weighted by atomic mass is 16.4. The van der Waals surface area contributed by atoms with Crippen LogP contribution in [0.4, 0.5) is 4.79 Å². The molecule has 1 saturated carbocycles. The lowest BCUT2D eigenvalue weighted by Gasteiger charge is -2.31. The fraction of sp³-hybridized carbons (Fsp3) is 0.867. The van der Waals surface area contributed by atoms with Gasteiger partial charge in [-0.3, -0.25) is 0 Å². The molecule has 1 aliphatic carbocycles. The molecule has 0 aromatic heterocycles. The zero-order valence-electron chi connectivity index (χ0n) is 13.2. The summed E-state index contributed by atoms with van der Waals surface area (Å²) in [7, 11) is 0. The van der Waals surface area contributed by atoms with Gasteiger partial charge in [-0.25, -0.2) is 9.59 Å². The van der Waals surface area contributed by atoms with Crippen molar-refractivity contribution in [1.82, 2.24) is 10.6 Å². The van der Waals surface area contributed by atoms with Crippen LogP contribution in [0.2, 0.25) is 0 Å². The summed E-state index contributed by atoms with van der Waals surface area (Å²) in [6, 6.07) is -1.81. The molecular weight excluding hydrogens is 272 g/mol. The van der Waals surface area contributed by atoms with Crippen molar-refractivity contribution in [3.05, 3.63) is 0 Å². The third kappa shape index (κ3) is 5.53. The Morgan fingerprint density at radius 3 is 2.19 bits per heavy atom. The minimum Gasteiger partial charge on any atom is -0.480 e. The summed E-state index contributed by atoms with van der Waals surface area (Å²) in [4.78, 5) is 22.8. The minimum atomic E-state index is -1.28. The molecule has 0 spiro atoms. The van der Waals surface area contributed by atoms with Crippen LogP contribution in [0.5, 0.6) is 0 Å². The van der Waals surface area contributed by atoms with Crippen LogP contribution in [0.1, 0.15) is 52.9 Å². The first-order chi connectivity index (χ1) is 9.76. The number of urea groups is 1. The summed E-state index contributed by atoms with van der Waals surface area (Å²) >= 11 is 0. The van der Waals surface area contributed by atoms with Gasteiger partial charge in [-0.15, -0.1) is 0 Å². The van der Waals surface area contributed by atoms with Gasteiger partial charge in [0.2, 0.25) is 0 Å². The molecule has 1 aliphatic rings. The average molecular weight is 300 g/mol. The number of hydrogen-bond acceptors (Lipinski definition) is 3. The lowest BCUT2D eigenvalue weighted by Crippen LogP contribution is -2.52. The van der Waals surface area contributed by atoms with Crippen molar-refractivity contribution in [1.29, 1.82) is 0 Å². The molecule has 4 N–H and O–H groups in total. The van der Waals surface area contributed by atoms with Gasteiger partial charge in [0.25, 0.3) is 0 Å². The normalized spacial score (nSPS) is 20.0. The number of hydrogen-bond donors (Lipinski definition) is 4. The average Bonchev–Trinajstić information content (AvgIpc) is 2.80. The standard InChI is InChI=1S/C15H28N2O4/c1-10(2)8-15(6-4-5-7-15)9-16-14(21)17-12(11(3)18)13(19)20/h10-12,18H,4-9H2,1-3H3,(H,19,20)(H2,16,17,21)/t11-,12+/m1/s1. The van der Waals surface area contributed by atoms with Crippen LogP contribution in [0.3, 0.4) is 0 Å². The van der Waals surface area contributed by atoms with E-state index in [0.29, 0.717) is 12.5 Å². The quantitative estimate of drug-likeness (QED) is 0.575. The number of aliphatic hydroxyl groups excluding tert-OH is 1. The molecule has 0 heterocycles. The van der Waals surface area contributed by atoms with Gasteiger partial charge in [-0.1, -0.05) is 26.7 Å². The van der Waals surface area contributed by atoms with Crippen LogP contribution in [0, 0.1) is 11.3 Å².